The van der Waals surface area contributed by atoms with E-state index < -0.39 is 5.82 Å². The van der Waals surface area contributed by atoms with E-state index in [1.165, 1.54) is 22.9 Å². The van der Waals surface area contributed by atoms with Crippen LogP contribution in [0.2, 0.25) is 10.0 Å². The van der Waals surface area contributed by atoms with Gasteiger partial charge in [0.15, 0.2) is 5.82 Å². The molecule has 0 atom stereocenters. The first-order valence-electron chi connectivity index (χ1n) is 10.5. The van der Waals surface area contributed by atoms with Gasteiger partial charge in [-0.25, -0.2) is 9.07 Å². The third-order valence-electron chi connectivity index (χ3n) is 4.74. The standard InChI is InChI=1S/C25H21Cl2FN4O2/c1-15(2)14-34-25-30-23(21-5-3-4-6-22(21)28)32(31-25)20-9-7-19(8-10-20)29-24(33)16-11-17(26)13-18(27)12-16/h3-13,15H,14H2,1-2H3,(H,29,33). The minimum absolute atomic E-state index is 0.155. The highest BCUT2D eigenvalue weighted by Crippen LogP contribution is 2.27. The maximum absolute atomic E-state index is 14.5. The zero-order chi connectivity index (χ0) is 24.2. The topological polar surface area (TPSA) is 69.0 Å². The highest BCUT2D eigenvalue weighted by atomic mass is 35.5. The largest absolute Gasteiger partial charge is 0.462 e. The second-order valence-electron chi connectivity index (χ2n) is 7.97. The SMILES string of the molecule is CC(C)COc1nc(-c2ccccc2F)n(-c2ccc(NC(=O)c3cc(Cl)cc(Cl)c3)cc2)n1. The molecule has 6 nitrogen and oxygen atoms in total. The molecule has 1 heterocycles. The molecule has 1 amide bonds. The van der Waals surface area contributed by atoms with Crippen LogP contribution >= 0.6 is 23.2 Å². The number of hydrogen-bond acceptors (Lipinski definition) is 4. The summed E-state index contributed by atoms with van der Waals surface area (Å²) in [7, 11) is 0. The monoisotopic (exact) mass is 498 g/mol. The number of anilines is 1. The van der Waals surface area contributed by atoms with Gasteiger partial charge in [-0.2, -0.15) is 4.98 Å². The van der Waals surface area contributed by atoms with Gasteiger partial charge in [-0.15, -0.1) is 5.10 Å². The molecule has 0 radical (unpaired) electrons. The van der Waals surface area contributed by atoms with Crippen LogP contribution in [0.4, 0.5) is 10.1 Å². The predicted molar refractivity (Wildman–Crippen MR) is 132 cm³/mol. The molecule has 0 saturated heterocycles. The molecule has 0 aliphatic rings. The third-order valence-corrected chi connectivity index (χ3v) is 5.18. The van der Waals surface area contributed by atoms with Crippen LogP contribution in [-0.2, 0) is 0 Å². The fourth-order valence-electron chi connectivity index (χ4n) is 3.17. The van der Waals surface area contributed by atoms with E-state index in [1.807, 2.05) is 13.8 Å². The average Bonchev–Trinajstić information content (AvgIpc) is 3.22. The molecule has 0 fully saturated rings. The molecule has 0 spiro atoms. The molecule has 9 heteroatoms. The van der Waals surface area contributed by atoms with Gasteiger partial charge in [0.25, 0.3) is 5.91 Å². The van der Waals surface area contributed by atoms with Crippen LogP contribution in [0.1, 0.15) is 24.2 Å². The van der Waals surface area contributed by atoms with E-state index in [0.29, 0.717) is 45.0 Å². The Morgan fingerprint density at radius 3 is 2.38 bits per heavy atom. The Labute approximate surface area is 206 Å². The first kappa shape index (κ1) is 23.7. The second kappa shape index (κ2) is 10.2. The van der Waals surface area contributed by atoms with Crippen molar-refractivity contribution in [3.8, 4) is 23.1 Å². The summed E-state index contributed by atoms with van der Waals surface area (Å²) in [6.07, 6.45) is 0. The summed E-state index contributed by atoms with van der Waals surface area (Å²) in [5.41, 5.74) is 1.80. The molecule has 4 rings (SSSR count). The number of hydrogen-bond donors (Lipinski definition) is 1. The van der Waals surface area contributed by atoms with Crippen LogP contribution < -0.4 is 10.1 Å². The molecular formula is C25H21Cl2FN4O2. The number of rotatable bonds is 7. The number of nitrogens with one attached hydrogen (secondary N) is 1. The molecule has 0 aliphatic carbocycles. The maximum Gasteiger partial charge on any atom is 0.336 e. The van der Waals surface area contributed by atoms with E-state index in [-0.39, 0.29) is 17.8 Å². The van der Waals surface area contributed by atoms with E-state index in [0.717, 1.165) is 0 Å². The van der Waals surface area contributed by atoms with E-state index >= 15 is 0 Å². The fourth-order valence-corrected chi connectivity index (χ4v) is 3.69. The van der Waals surface area contributed by atoms with Gasteiger partial charge in [-0.1, -0.05) is 49.2 Å². The minimum atomic E-state index is -0.421. The minimum Gasteiger partial charge on any atom is -0.462 e. The van der Waals surface area contributed by atoms with E-state index in [1.54, 1.807) is 48.5 Å². The number of aromatic nitrogens is 3. The zero-order valence-electron chi connectivity index (χ0n) is 18.4. The molecular weight excluding hydrogens is 478 g/mol. The summed E-state index contributed by atoms with van der Waals surface area (Å²) in [5, 5.41) is 7.97. The number of amides is 1. The normalized spacial score (nSPS) is 11.0. The van der Waals surface area contributed by atoms with Crippen molar-refractivity contribution < 1.29 is 13.9 Å². The number of carbonyl (C=O) groups is 1. The van der Waals surface area contributed by atoms with Crippen LogP contribution in [-0.4, -0.2) is 27.3 Å². The van der Waals surface area contributed by atoms with Gasteiger partial charge in [-0.05, 0) is 60.5 Å². The predicted octanol–water partition coefficient (Wildman–Crippen LogP) is 6.67. The summed E-state index contributed by atoms with van der Waals surface area (Å²) in [4.78, 5) is 17.0. The van der Waals surface area contributed by atoms with Gasteiger partial charge in [-0.3, -0.25) is 4.79 Å². The van der Waals surface area contributed by atoms with Crippen molar-refractivity contribution >= 4 is 34.8 Å². The van der Waals surface area contributed by atoms with Crippen LogP contribution in [0.15, 0.2) is 66.7 Å². The number of ether oxygens (including phenoxy) is 1. The summed E-state index contributed by atoms with van der Waals surface area (Å²) >= 11 is 12.0. The zero-order valence-corrected chi connectivity index (χ0v) is 19.9. The lowest BCUT2D eigenvalue weighted by atomic mass is 10.2. The van der Waals surface area contributed by atoms with Crippen molar-refractivity contribution in [2.75, 3.05) is 11.9 Å². The lowest BCUT2D eigenvalue weighted by molar-refractivity contribution is 0.102. The molecule has 3 aromatic carbocycles. The van der Waals surface area contributed by atoms with Crippen molar-refractivity contribution in [2.45, 2.75) is 13.8 Å². The molecule has 4 aromatic rings. The van der Waals surface area contributed by atoms with Gasteiger partial charge in [0, 0.05) is 21.3 Å². The van der Waals surface area contributed by atoms with Crippen LogP contribution in [0, 0.1) is 11.7 Å². The fraction of sp³-hybridized carbons (Fsp3) is 0.160. The molecule has 0 unspecified atom stereocenters. The summed E-state index contributed by atoms with van der Waals surface area (Å²) in [6, 6.07) is 18.0. The average molecular weight is 499 g/mol. The quantitative estimate of drug-likeness (QED) is 0.309. The van der Waals surface area contributed by atoms with E-state index in [4.69, 9.17) is 27.9 Å². The van der Waals surface area contributed by atoms with Gasteiger partial charge in [0.05, 0.1) is 17.9 Å². The molecule has 0 bridgehead atoms. The summed E-state index contributed by atoms with van der Waals surface area (Å²) < 4.78 is 21.7. The Morgan fingerprint density at radius 1 is 1.06 bits per heavy atom. The third kappa shape index (κ3) is 5.55. The van der Waals surface area contributed by atoms with Crippen molar-refractivity contribution in [2.24, 2.45) is 5.92 Å². The van der Waals surface area contributed by atoms with Gasteiger partial charge in [0.1, 0.15) is 5.82 Å². The smallest absolute Gasteiger partial charge is 0.336 e. The number of halogens is 3. The maximum atomic E-state index is 14.5. The van der Waals surface area contributed by atoms with Gasteiger partial charge < -0.3 is 10.1 Å². The Balaban J connectivity index is 1.62. The molecule has 1 aromatic heterocycles. The molecule has 1 N–H and O–H groups in total. The molecule has 34 heavy (non-hydrogen) atoms. The lowest BCUT2D eigenvalue weighted by Gasteiger charge is -2.09. The summed E-state index contributed by atoms with van der Waals surface area (Å²) in [5.74, 6) is -0.187. The van der Waals surface area contributed by atoms with Crippen molar-refractivity contribution in [1.29, 1.82) is 0 Å². The van der Waals surface area contributed by atoms with E-state index in [2.05, 4.69) is 15.4 Å². The molecule has 0 saturated carbocycles. The van der Waals surface area contributed by atoms with Crippen molar-refractivity contribution in [3.05, 3.63) is 88.2 Å². The Kier molecular flexibility index (Phi) is 7.14. The first-order valence-corrected chi connectivity index (χ1v) is 11.3. The molecule has 174 valence electrons. The van der Waals surface area contributed by atoms with E-state index in [9.17, 15) is 9.18 Å². The first-order chi connectivity index (χ1) is 16.3. The summed E-state index contributed by atoms with van der Waals surface area (Å²) in [6.45, 7) is 4.46. The lowest BCUT2D eigenvalue weighted by Crippen LogP contribution is -2.12. The van der Waals surface area contributed by atoms with Crippen LogP contribution in [0.25, 0.3) is 17.1 Å². The second-order valence-corrected chi connectivity index (χ2v) is 8.85. The highest BCUT2D eigenvalue weighted by molar-refractivity contribution is 6.35. The Bertz CT molecular complexity index is 1300. The number of nitrogens with zero attached hydrogens (tertiary/aromatic N) is 3. The highest BCUT2D eigenvalue weighted by Gasteiger charge is 2.18. The Hall–Kier alpha value is -3.42. The molecule has 0 aliphatic heterocycles. The van der Waals surface area contributed by atoms with Crippen molar-refractivity contribution in [3.63, 3.8) is 0 Å². The van der Waals surface area contributed by atoms with Crippen molar-refractivity contribution in [1.82, 2.24) is 14.8 Å². The van der Waals surface area contributed by atoms with Gasteiger partial charge >= 0.3 is 6.01 Å². The van der Waals surface area contributed by atoms with Crippen LogP contribution in [0.5, 0.6) is 6.01 Å². The van der Waals surface area contributed by atoms with Gasteiger partial charge in [0.2, 0.25) is 0 Å². The number of benzene rings is 3. The van der Waals surface area contributed by atoms with Crippen LogP contribution in [0.3, 0.4) is 0 Å². The number of carbonyl (C=O) groups excluding carboxylic acids is 1. The Morgan fingerprint density at radius 2 is 1.74 bits per heavy atom.